The van der Waals surface area contributed by atoms with Crippen LogP contribution in [-0.2, 0) is 34.7 Å². The SMILES string of the molecule is COc1cc2c(OC3OC(CO[Si](C)(C)C(C)(C)C)C(OC)C(OC)C3OC)c3c(c(-c4ccc5c(c4)OCO5)c2cc1OC)C(=O)OC3. The number of fused-ring (bicyclic) bond motifs is 3. The highest BCUT2D eigenvalue weighted by atomic mass is 28.4. The van der Waals surface area contributed by atoms with Gasteiger partial charge in [-0.25, -0.2) is 4.79 Å². The maximum atomic E-state index is 13.6. The second-order valence-electron chi connectivity index (χ2n) is 13.8. The summed E-state index contributed by atoms with van der Waals surface area (Å²) in [4.78, 5) is 13.6. The minimum absolute atomic E-state index is 0.0119. The summed E-state index contributed by atoms with van der Waals surface area (Å²) in [6.45, 7) is 11.3. The molecule has 0 radical (unpaired) electrons. The first-order valence-electron chi connectivity index (χ1n) is 16.2. The lowest BCUT2D eigenvalue weighted by Gasteiger charge is -2.46. The number of benzene rings is 3. The molecule has 0 bridgehead atoms. The van der Waals surface area contributed by atoms with Crippen molar-refractivity contribution in [1.82, 2.24) is 0 Å². The molecule has 49 heavy (non-hydrogen) atoms. The van der Waals surface area contributed by atoms with Crippen LogP contribution in [-0.4, -0.2) is 93.9 Å². The van der Waals surface area contributed by atoms with Gasteiger partial charge in [-0.3, -0.25) is 0 Å². The zero-order valence-electron chi connectivity index (χ0n) is 29.8. The quantitative estimate of drug-likeness (QED) is 0.170. The average Bonchev–Trinajstić information content (AvgIpc) is 3.71. The van der Waals surface area contributed by atoms with Gasteiger partial charge in [0.2, 0.25) is 13.1 Å². The lowest BCUT2D eigenvalue weighted by molar-refractivity contribution is -0.290. The molecule has 266 valence electrons. The van der Waals surface area contributed by atoms with Crippen LogP contribution >= 0.6 is 0 Å². The highest BCUT2D eigenvalue weighted by molar-refractivity contribution is 6.74. The molecule has 3 aromatic rings. The molecule has 5 atom stereocenters. The second kappa shape index (κ2) is 13.6. The van der Waals surface area contributed by atoms with E-state index in [1.807, 2.05) is 30.3 Å². The van der Waals surface area contributed by atoms with Crippen molar-refractivity contribution in [2.24, 2.45) is 0 Å². The molecular weight excluding hydrogens is 652 g/mol. The summed E-state index contributed by atoms with van der Waals surface area (Å²) in [5.74, 6) is 2.07. The van der Waals surface area contributed by atoms with Crippen molar-refractivity contribution in [3.8, 4) is 39.9 Å². The number of cyclic esters (lactones) is 1. The molecule has 0 saturated carbocycles. The number of hydrogen-bond donors (Lipinski definition) is 0. The Morgan fingerprint density at radius 3 is 2.08 bits per heavy atom. The molecule has 6 rings (SSSR count). The average molecular weight is 699 g/mol. The Morgan fingerprint density at radius 1 is 0.796 bits per heavy atom. The van der Waals surface area contributed by atoms with Crippen LogP contribution in [0.4, 0.5) is 0 Å². The van der Waals surface area contributed by atoms with Gasteiger partial charge in [-0.05, 0) is 53.3 Å². The molecule has 3 aliphatic heterocycles. The fourth-order valence-corrected chi connectivity index (χ4v) is 7.44. The van der Waals surface area contributed by atoms with Crippen LogP contribution in [0, 0.1) is 0 Å². The number of carbonyl (C=O) groups excluding carboxylic acids is 1. The first-order valence-corrected chi connectivity index (χ1v) is 19.1. The van der Waals surface area contributed by atoms with E-state index in [1.165, 1.54) is 0 Å². The fraction of sp³-hybridized carbons (Fsp3) is 0.528. The predicted molar refractivity (Wildman–Crippen MR) is 183 cm³/mol. The van der Waals surface area contributed by atoms with Gasteiger partial charge in [-0.1, -0.05) is 26.8 Å². The highest BCUT2D eigenvalue weighted by Gasteiger charge is 2.50. The molecule has 13 heteroatoms. The van der Waals surface area contributed by atoms with Gasteiger partial charge in [-0.15, -0.1) is 0 Å². The van der Waals surface area contributed by atoms with Crippen molar-refractivity contribution >= 4 is 25.1 Å². The van der Waals surface area contributed by atoms with E-state index in [0.717, 1.165) is 5.56 Å². The standard InChI is InChI=1S/C36H46O12Si/c1-36(2,3)49(9,10)46-17-27-31(40-6)32(41-7)33(42-8)35(47-27)48-30-21-15-25(39-5)24(38-4)14-20(21)28(29-22(30)16-43-34(29)37)19-11-12-23-26(13-19)45-18-44-23/h11-15,27,31-33,35H,16-18H2,1-10H3. The minimum atomic E-state index is -2.15. The van der Waals surface area contributed by atoms with Gasteiger partial charge in [0, 0.05) is 37.8 Å². The van der Waals surface area contributed by atoms with Gasteiger partial charge in [0.1, 0.15) is 36.8 Å². The van der Waals surface area contributed by atoms with Gasteiger partial charge >= 0.3 is 5.97 Å². The van der Waals surface area contributed by atoms with Crippen molar-refractivity contribution in [3.05, 3.63) is 41.5 Å². The van der Waals surface area contributed by atoms with Crippen molar-refractivity contribution in [3.63, 3.8) is 0 Å². The zero-order valence-corrected chi connectivity index (χ0v) is 30.8. The molecule has 1 fully saturated rings. The fourth-order valence-electron chi connectivity index (χ4n) is 6.43. The molecule has 3 heterocycles. The van der Waals surface area contributed by atoms with Gasteiger partial charge in [-0.2, -0.15) is 0 Å². The van der Waals surface area contributed by atoms with Gasteiger partial charge in [0.25, 0.3) is 0 Å². The van der Waals surface area contributed by atoms with Crippen molar-refractivity contribution < 1.29 is 56.6 Å². The Labute approximate surface area is 287 Å². The third kappa shape index (κ3) is 6.21. The number of esters is 1. The lowest BCUT2D eigenvalue weighted by atomic mass is 9.89. The summed E-state index contributed by atoms with van der Waals surface area (Å²) >= 11 is 0. The Hall–Kier alpha value is -3.59. The molecule has 3 aliphatic rings. The maximum Gasteiger partial charge on any atom is 0.339 e. The first-order chi connectivity index (χ1) is 23.4. The van der Waals surface area contributed by atoms with Crippen LogP contribution in [0.3, 0.4) is 0 Å². The van der Waals surface area contributed by atoms with E-state index in [2.05, 4.69) is 33.9 Å². The summed E-state index contributed by atoms with van der Waals surface area (Å²) in [7, 11) is 5.76. The predicted octanol–water partition coefficient (Wildman–Crippen LogP) is 6.09. The monoisotopic (exact) mass is 698 g/mol. The topological polar surface area (TPSA) is 119 Å². The number of ether oxygens (including phenoxy) is 10. The van der Waals surface area contributed by atoms with E-state index in [-0.39, 0.29) is 25.0 Å². The van der Waals surface area contributed by atoms with E-state index >= 15 is 0 Å². The zero-order chi connectivity index (χ0) is 35.2. The summed E-state index contributed by atoms with van der Waals surface area (Å²) in [6.07, 6.45) is -3.33. The molecular formula is C36H46O12Si. The van der Waals surface area contributed by atoms with Crippen molar-refractivity contribution in [2.75, 3.05) is 48.9 Å². The van der Waals surface area contributed by atoms with Crippen LogP contribution in [0.5, 0.6) is 28.7 Å². The Morgan fingerprint density at radius 2 is 1.45 bits per heavy atom. The molecule has 0 N–H and O–H groups in total. The lowest BCUT2D eigenvalue weighted by Crippen LogP contribution is -2.62. The molecule has 0 amide bonds. The molecule has 3 aromatic carbocycles. The Bertz CT molecular complexity index is 1720. The van der Waals surface area contributed by atoms with Crippen LogP contribution < -0.4 is 23.7 Å². The van der Waals surface area contributed by atoms with Gasteiger partial charge in [0.15, 0.2) is 31.3 Å². The van der Waals surface area contributed by atoms with Crippen LogP contribution in [0.1, 0.15) is 36.7 Å². The number of rotatable bonds is 11. The van der Waals surface area contributed by atoms with Crippen LogP contribution in [0.25, 0.3) is 21.9 Å². The molecule has 0 aromatic heterocycles. The van der Waals surface area contributed by atoms with Crippen LogP contribution in [0.2, 0.25) is 18.1 Å². The summed E-state index contributed by atoms with van der Waals surface area (Å²) in [5, 5.41) is 1.31. The van der Waals surface area contributed by atoms with E-state index in [0.29, 0.717) is 56.2 Å². The molecule has 12 nitrogen and oxygen atoms in total. The van der Waals surface area contributed by atoms with Gasteiger partial charge < -0.3 is 51.8 Å². The van der Waals surface area contributed by atoms with E-state index in [1.54, 1.807) is 35.5 Å². The number of hydrogen-bond acceptors (Lipinski definition) is 12. The van der Waals surface area contributed by atoms with Crippen molar-refractivity contribution in [1.29, 1.82) is 0 Å². The molecule has 0 spiro atoms. The molecule has 0 aliphatic carbocycles. The highest BCUT2D eigenvalue weighted by Crippen LogP contribution is 2.50. The van der Waals surface area contributed by atoms with E-state index in [4.69, 9.17) is 51.8 Å². The largest absolute Gasteiger partial charge is 0.493 e. The third-order valence-electron chi connectivity index (χ3n) is 10.1. The van der Waals surface area contributed by atoms with Crippen molar-refractivity contribution in [2.45, 2.75) is 76.2 Å². The normalized spacial score (nSPS) is 23.4. The second-order valence-corrected chi connectivity index (χ2v) is 18.6. The summed E-state index contributed by atoms with van der Waals surface area (Å²) in [5.41, 5.74) is 2.31. The van der Waals surface area contributed by atoms with Crippen LogP contribution in [0.15, 0.2) is 30.3 Å². The maximum absolute atomic E-state index is 13.6. The van der Waals surface area contributed by atoms with Gasteiger partial charge in [0.05, 0.1) is 26.4 Å². The first kappa shape index (κ1) is 35.2. The van der Waals surface area contributed by atoms with E-state index in [9.17, 15) is 4.79 Å². The molecule has 1 saturated heterocycles. The number of methoxy groups -OCH3 is 5. The summed E-state index contributed by atoms with van der Waals surface area (Å²) in [6, 6.07) is 9.22. The van der Waals surface area contributed by atoms with E-state index < -0.39 is 45.0 Å². The Balaban J connectivity index is 1.50. The third-order valence-corrected chi connectivity index (χ3v) is 14.6. The Kier molecular flexibility index (Phi) is 9.79. The molecule has 5 unspecified atom stereocenters. The smallest absolute Gasteiger partial charge is 0.339 e. The minimum Gasteiger partial charge on any atom is -0.493 e. The number of carbonyl (C=O) groups is 1. The summed E-state index contributed by atoms with van der Waals surface area (Å²) < 4.78 is 66.4.